The van der Waals surface area contributed by atoms with Gasteiger partial charge in [0.25, 0.3) is 5.91 Å². The summed E-state index contributed by atoms with van der Waals surface area (Å²) in [6.07, 6.45) is 1.58. The number of hydrogen-bond acceptors (Lipinski definition) is 6. The largest absolute Gasteiger partial charge is 0.488 e. The minimum absolute atomic E-state index is 0.109. The van der Waals surface area contributed by atoms with Crippen LogP contribution in [0.3, 0.4) is 0 Å². The van der Waals surface area contributed by atoms with Crippen molar-refractivity contribution in [3.63, 3.8) is 0 Å². The van der Waals surface area contributed by atoms with Crippen molar-refractivity contribution in [3.05, 3.63) is 29.8 Å². The Hall–Kier alpha value is -1.74. The summed E-state index contributed by atoms with van der Waals surface area (Å²) in [6.45, 7) is 9.36. The fourth-order valence-electron chi connectivity index (χ4n) is 2.24. The Kier molecular flexibility index (Phi) is 8.78. The summed E-state index contributed by atoms with van der Waals surface area (Å²) in [5.74, 6) is 6.37. The molecule has 0 atom stereocenters. The minimum atomic E-state index is -1.50. The first kappa shape index (κ1) is 21.3. The van der Waals surface area contributed by atoms with Gasteiger partial charge < -0.3 is 10.0 Å². The highest BCUT2D eigenvalue weighted by molar-refractivity contribution is 6.58. The van der Waals surface area contributed by atoms with E-state index in [4.69, 9.17) is 15.9 Å². The van der Waals surface area contributed by atoms with Crippen LogP contribution in [0.1, 0.15) is 33.3 Å². The molecule has 1 rings (SSSR count). The highest BCUT2D eigenvalue weighted by Gasteiger charge is 2.17. The van der Waals surface area contributed by atoms with Crippen LogP contribution in [0.25, 0.3) is 0 Å². The van der Waals surface area contributed by atoms with Crippen LogP contribution in [0.15, 0.2) is 29.4 Å². The molecule has 138 valence electrons. The topological polar surface area (TPSA) is 102 Å². The highest BCUT2D eigenvalue weighted by Crippen LogP contribution is 2.03. The van der Waals surface area contributed by atoms with Crippen LogP contribution in [0.4, 0.5) is 0 Å². The van der Waals surface area contributed by atoms with Crippen LogP contribution < -0.4 is 11.3 Å². The molecular formula is C17H29BN4O3. The molecule has 1 aromatic rings. The predicted octanol–water partition coefficient (Wildman–Crippen LogP) is 0.0166. The average molecular weight is 348 g/mol. The third kappa shape index (κ3) is 8.26. The second-order valence-electron chi connectivity index (χ2n) is 6.98. The average Bonchev–Trinajstić information content (AvgIpc) is 2.50. The maximum absolute atomic E-state index is 12.5. The lowest BCUT2D eigenvalue weighted by Crippen LogP contribution is -2.44. The number of carbonyl (C=O) groups is 1. The van der Waals surface area contributed by atoms with Gasteiger partial charge in [0.2, 0.25) is 0 Å². The van der Waals surface area contributed by atoms with Gasteiger partial charge in [0.05, 0.1) is 12.8 Å². The molecule has 0 saturated heterocycles. The van der Waals surface area contributed by atoms with Gasteiger partial charge in [-0.05, 0) is 22.9 Å². The van der Waals surface area contributed by atoms with Crippen molar-refractivity contribution in [2.24, 2.45) is 22.8 Å². The lowest BCUT2D eigenvalue weighted by atomic mass is 9.80. The third-order valence-electron chi connectivity index (χ3n) is 3.34. The van der Waals surface area contributed by atoms with Gasteiger partial charge in [-0.3, -0.25) is 10.6 Å². The lowest BCUT2D eigenvalue weighted by molar-refractivity contribution is -0.133. The van der Waals surface area contributed by atoms with Gasteiger partial charge in [-0.2, -0.15) is 5.10 Å². The Bertz CT molecular complexity index is 562. The number of carbonyl (C=O) groups excluding carboxylic acids is 1. The van der Waals surface area contributed by atoms with Crippen LogP contribution in [0, 0.1) is 11.8 Å². The standard InChI is InChI=1S/C17H29BN4O3/c1-13(2)10-21(19)12-17(23)22(11-14(3)4)20-9-15-5-7-16(8-6-15)18(24)25/h5-9,13-14,24-25H,10-12,19H2,1-4H3. The zero-order valence-corrected chi connectivity index (χ0v) is 15.5. The zero-order valence-electron chi connectivity index (χ0n) is 15.5. The Morgan fingerprint density at radius 1 is 1.16 bits per heavy atom. The molecule has 4 N–H and O–H groups in total. The van der Waals surface area contributed by atoms with E-state index < -0.39 is 7.12 Å². The van der Waals surface area contributed by atoms with Crippen molar-refractivity contribution in [2.75, 3.05) is 19.6 Å². The quantitative estimate of drug-likeness (QED) is 0.253. The predicted molar refractivity (Wildman–Crippen MR) is 101 cm³/mol. The molecule has 0 aliphatic carbocycles. The van der Waals surface area contributed by atoms with Crippen LogP contribution in [-0.4, -0.2) is 58.9 Å². The van der Waals surface area contributed by atoms with E-state index in [9.17, 15) is 4.79 Å². The highest BCUT2D eigenvalue weighted by atomic mass is 16.4. The molecule has 0 aromatic heterocycles. The number of hydrazine groups is 1. The van der Waals surface area contributed by atoms with E-state index in [1.807, 2.05) is 27.7 Å². The Morgan fingerprint density at radius 3 is 2.20 bits per heavy atom. The van der Waals surface area contributed by atoms with E-state index in [0.29, 0.717) is 24.5 Å². The van der Waals surface area contributed by atoms with Crippen LogP contribution in [-0.2, 0) is 4.79 Å². The van der Waals surface area contributed by atoms with Crippen molar-refractivity contribution >= 4 is 24.7 Å². The summed E-state index contributed by atoms with van der Waals surface area (Å²) in [5.41, 5.74) is 1.16. The molecule has 0 fully saturated rings. The summed E-state index contributed by atoms with van der Waals surface area (Å²) >= 11 is 0. The van der Waals surface area contributed by atoms with E-state index in [0.717, 1.165) is 5.56 Å². The van der Waals surface area contributed by atoms with E-state index in [1.54, 1.807) is 30.5 Å². The van der Waals surface area contributed by atoms with Gasteiger partial charge in [-0.15, -0.1) is 0 Å². The van der Waals surface area contributed by atoms with E-state index in [-0.39, 0.29) is 18.4 Å². The lowest BCUT2D eigenvalue weighted by Gasteiger charge is -2.23. The molecule has 0 unspecified atom stereocenters. The van der Waals surface area contributed by atoms with E-state index in [2.05, 4.69) is 5.10 Å². The maximum Gasteiger partial charge on any atom is 0.488 e. The van der Waals surface area contributed by atoms with Crippen LogP contribution in [0.5, 0.6) is 0 Å². The molecular weight excluding hydrogens is 319 g/mol. The summed E-state index contributed by atoms with van der Waals surface area (Å²) in [5, 5.41) is 25.4. The smallest absolute Gasteiger partial charge is 0.423 e. The molecule has 0 aliphatic heterocycles. The minimum Gasteiger partial charge on any atom is -0.423 e. The molecule has 0 bridgehead atoms. The summed E-state index contributed by atoms with van der Waals surface area (Å²) in [4.78, 5) is 12.5. The number of nitrogens with zero attached hydrogens (tertiary/aromatic N) is 3. The van der Waals surface area contributed by atoms with Gasteiger partial charge in [-0.1, -0.05) is 52.0 Å². The van der Waals surface area contributed by atoms with Gasteiger partial charge >= 0.3 is 7.12 Å². The van der Waals surface area contributed by atoms with Crippen LogP contribution >= 0.6 is 0 Å². The first-order valence-electron chi connectivity index (χ1n) is 8.49. The molecule has 0 saturated carbocycles. The summed E-state index contributed by atoms with van der Waals surface area (Å²) < 4.78 is 0. The number of benzene rings is 1. The normalized spacial score (nSPS) is 11.8. The van der Waals surface area contributed by atoms with Crippen molar-refractivity contribution < 1.29 is 14.8 Å². The molecule has 0 heterocycles. The van der Waals surface area contributed by atoms with E-state index in [1.165, 1.54) is 10.0 Å². The molecule has 0 radical (unpaired) electrons. The number of amides is 1. The number of hydrogen-bond donors (Lipinski definition) is 3. The zero-order chi connectivity index (χ0) is 19.0. The fourth-order valence-corrected chi connectivity index (χ4v) is 2.24. The molecule has 1 amide bonds. The Morgan fingerprint density at radius 2 is 1.72 bits per heavy atom. The van der Waals surface area contributed by atoms with Crippen LogP contribution in [0.2, 0.25) is 0 Å². The van der Waals surface area contributed by atoms with Gasteiger partial charge in [0.1, 0.15) is 0 Å². The van der Waals surface area contributed by atoms with Gasteiger partial charge in [0.15, 0.2) is 0 Å². The summed E-state index contributed by atoms with van der Waals surface area (Å²) in [7, 11) is -1.50. The Labute approximate surface area is 150 Å². The van der Waals surface area contributed by atoms with Crippen molar-refractivity contribution in [1.82, 2.24) is 10.0 Å². The second-order valence-corrected chi connectivity index (χ2v) is 6.98. The van der Waals surface area contributed by atoms with E-state index >= 15 is 0 Å². The Balaban J connectivity index is 2.78. The molecule has 7 nitrogen and oxygen atoms in total. The molecule has 0 aliphatic rings. The van der Waals surface area contributed by atoms with Crippen molar-refractivity contribution in [1.29, 1.82) is 0 Å². The molecule has 8 heteroatoms. The fraction of sp³-hybridized carbons (Fsp3) is 0.529. The summed E-state index contributed by atoms with van der Waals surface area (Å²) in [6, 6.07) is 6.63. The molecule has 0 spiro atoms. The molecule has 1 aromatic carbocycles. The second kappa shape index (κ2) is 10.3. The van der Waals surface area contributed by atoms with Gasteiger partial charge in [-0.25, -0.2) is 10.0 Å². The SMILES string of the molecule is CC(C)CN(N)CC(=O)N(CC(C)C)N=Cc1ccc(B(O)O)cc1. The third-order valence-corrected chi connectivity index (χ3v) is 3.34. The molecule has 25 heavy (non-hydrogen) atoms. The first-order valence-corrected chi connectivity index (χ1v) is 8.49. The number of hydrazone groups is 1. The van der Waals surface area contributed by atoms with Crippen molar-refractivity contribution in [3.8, 4) is 0 Å². The van der Waals surface area contributed by atoms with Crippen molar-refractivity contribution in [2.45, 2.75) is 27.7 Å². The van der Waals surface area contributed by atoms with Gasteiger partial charge in [0, 0.05) is 13.1 Å². The number of nitrogens with two attached hydrogens (primary N) is 1. The number of rotatable bonds is 9. The maximum atomic E-state index is 12.5. The monoisotopic (exact) mass is 348 g/mol. The first-order chi connectivity index (χ1) is 11.7.